The van der Waals surface area contributed by atoms with Gasteiger partial charge in [0, 0.05) is 10.9 Å². The third kappa shape index (κ3) is 1.39. The molecule has 0 aliphatic heterocycles. The van der Waals surface area contributed by atoms with E-state index in [9.17, 15) is 8.78 Å². The van der Waals surface area contributed by atoms with Crippen molar-refractivity contribution < 1.29 is 13.2 Å². The third-order valence-corrected chi connectivity index (χ3v) is 3.10. The first-order valence-electron chi connectivity index (χ1n) is 3.74. The quantitative estimate of drug-likeness (QED) is 0.560. The summed E-state index contributed by atoms with van der Waals surface area (Å²) >= 11 is 6.29. The smallest absolute Gasteiger partial charge is 0.170 e. The maximum absolute atomic E-state index is 13.4. The van der Waals surface area contributed by atoms with Gasteiger partial charge in [-0.05, 0) is 22.0 Å². The molecule has 2 aromatic rings. The van der Waals surface area contributed by atoms with Crippen LogP contribution >= 0.6 is 31.9 Å². The van der Waals surface area contributed by atoms with Gasteiger partial charge >= 0.3 is 0 Å². The third-order valence-electron chi connectivity index (χ3n) is 1.91. The standard InChI is InChI=1S/C9H4Br2F2O/c10-2-4-3-14-9-5(11)1-6(12)8(13)7(4)9/h1,3H,2H2. The SMILES string of the molecule is Fc1cc(Br)c2occ(CBr)c2c1F. The van der Waals surface area contributed by atoms with E-state index in [2.05, 4.69) is 31.9 Å². The molecule has 0 saturated carbocycles. The van der Waals surface area contributed by atoms with E-state index in [1.165, 1.54) is 6.26 Å². The molecule has 2 rings (SSSR count). The number of benzene rings is 1. The molecule has 1 heterocycles. The molecule has 14 heavy (non-hydrogen) atoms. The van der Waals surface area contributed by atoms with Crippen LogP contribution in [-0.2, 0) is 5.33 Å². The molecule has 0 aliphatic rings. The van der Waals surface area contributed by atoms with Crippen molar-refractivity contribution in [3.63, 3.8) is 0 Å². The van der Waals surface area contributed by atoms with Gasteiger partial charge in [0.1, 0.15) is 0 Å². The molecule has 0 saturated heterocycles. The highest BCUT2D eigenvalue weighted by atomic mass is 79.9. The molecule has 5 heteroatoms. The first-order chi connectivity index (χ1) is 6.65. The predicted molar refractivity (Wildman–Crippen MR) is 56.5 cm³/mol. The Morgan fingerprint density at radius 2 is 2.07 bits per heavy atom. The van der Waals surface area contributed by atoms with Crippen molar-refractivity contribution in [1.29, 1.82) is 0 Å². The van der Waals surface area contributed by atoms with Crippen molar-refractivity contribution in [3.05, 3.63) is 34.0 Å². The molecule has 0 amide bonds. The van der Waals surface area contributed by atoms with Crippen LogP contribution in [0.15, 0.2) is 21.2 Å². The topological polar surface area (TPSA) is 13.1 Å². The van der Waals surface area contributed by atoms with Gasteiger partial charge in [0.05, 0.1) is 16.1 Å². The van der Waals surface area contributed by atoms with Crippen LogP contribution in [0.1, 0.15) is 5.56 Å². The highest BCUT2D eigenvalue weighted by molar-refractivity contribution is 9.10. The van der Waals surface area contributed by atoms with Gasteiger partial charge in [-0.1, -0.05) is 15.9 Å². The Kier molecular flexibility index (Phi) is 2.62. The minimum Gasteiger partial charge on any atom is -0.463 e. The van der Waals surface area contributed by atoms with Crippen LogP contribution in [-0.4, -0.2) is 0 Å². The summed E-state index contributed by atoms with van der Waals surface area (Å²) < 4.78 is 32.0. The molecule has 0 atom stereocenters. The summed E-state index contributed by atoms with van der Waals surface area (Å²) in [7, 11) is 0. The van der Waals surface area contributed by atoms with Gasteiger partial charge in [-0.15, -0.1) is 0 Å². The van der Waals surface area contributed by atoms with Crippen LogP contribution in [0.3, 0.4) is 0 Å². The molecule has 0 unspecified atom stereocenters. The summed E-state index contributed by atoms with van der Waals surface area (Å²) in [5.41, 5.74) is 0.927. The number of hydrogen-bond acceptors (Lipinski definition) is 1. The Hall–Kier alpha value is -0.420. The van der Waals surface area contributed by atoms with Gasteiger partial charge in [0.25, 0.3) is 0 Å². The van der Waals surface area contributed by atoms with Crippen molar-refractivity contribution in [3.8, 4) is 0 Å². The van der Waals surface area contributed by atoms with Gasteiger partial charge in [0.15, 0.2) is 17.2 Å². The Morgan fingerprint density at radius 3 is 2.71 bits per heavy atom. The summed E-state index contributed by atoms with van der Waals surface area (Å²) in [5.74, 6) is -1.75. The molecule has 1 aromatic heterocycles. The lowest BCUT2D eigenvalue weighted by molar-refractivity contribution is 0.514. The summed E-state index contributed by atoms with van der Waals surface area (Å²) in [6.07, 6.45) is 1.41. The van der Waals surface area contributed by atoms with E-state index in [0.29, 0.717) is 20.9 Å². The Bertz CT molecular complexity index is 493. The lowest BCUT2D eigenvalue weighted by atomic mass is 10.2. The van der Waals surface area contributed by atoms with Crippen LogP contribution in [0.2, 0.25) is 0 Å². The molecule has 1 nitrogen and oxygen atoms in total. The molecular formula is C9H4Br2F2O. The van der Waals surface area contributed by atoms with E-state index >= 15 is 0 Å². The van der Waals surface area contributed by atoms with Crippen molar-refractivity contribution in [2.45, 2.75) is 5.33 Å². The lowest BCUT2D eigenvalue weighted by Crippen LogP contribution is -1.87. The second-order valence-electron chi connectivity index (χ2n) is 2.75. The average molecular weight is 326 g/mol. The molecule has 0 radical (unpaired) electrons. The number of alkyl halides is 1. The molecule has 1 aromatic carbocycles. The van der Waals surface area contributed by atoms with Crippen molar-refractivity contribution in [2.24, 2.45) is 0 Å². The highest BCUT2D eigenvalue weighted by Crippen LogP contribution is 2.33. The molecule has 0 bridgehead atoms. The van der Waals surface area contributed by atoms with Crippen molar-refractivity contribution >= 4 is 42.8 Å². The van der Waals surface area contributed by atoms with Crippen molar-refractivity contribution in [1.82, 2.24) is 0 Å². The van der Waals surface area contributed by atoms with E-state index in [0.717, 1.165) is 6.07 Å². The van der Waals surface area contributed by atoms with E-state index in [4.69, 9.17) is 4.42 Å². The summed E-state index contributed by atoms with van der Waals surface area (Å²) in [5, 5.41) is 0.612. The largest absolute Gasteiger partial charge is 0.463 e. The summed E-state index contributed by atoms with van der Waals surface area (Å²) in [6, 6.07) is 1.05. The Labute approximate surface area is 95.3 Å². The Morgan fingerprint density at radius 1 is 1.36 bits per heavy atom. The fraction of sp³-hybridized carbons (Fsp3) is 0.111. The maximum atomic E-state index is 13.4. The molecular weight excluding hydrogens is 322 g/mol. The first kappa shape index (κ1) is 10.1. The fourth-order valence-electron chi connectivity index (χ4n) is 1.27. The van der Waals surface area contributed by atoms with Gasteiger partial charge in [0.2, 0.25) is 0 Å². The molecule has 0 fully saturated rings. The Balaban J connectivity index is 2.92. The van der Waals surface area contributed by atoms with Gasteiger partial charge in [-0.3, -0.25) is 0 Å². The zero-order valence-electron chi connectivity index (χ0n) is 6.78. The second kappa shape index (κ2) is 3.62. The lowest BCUT2D eigenvalue weighted by Gasteiger charge is -1.98. The number of rotatable bonds is 1. The first-order valence-corrected chi connectivity index (χ1v) is 5.66. The number of hydrogen-bond donors (Lipinski definition) is 0. The van der Waals surface area contributed by atoms with Gasteiger partial charge < -0.3 is 4.42 Å². The minimum atomic E-state index is -0.882. The van der Waals surface area contributed by atoms with E-state index in [1.807, 2.05) is 0 Å². The second-order valence-corrected chi connectivity index (χ2v) is 4.17. The van der Waals surface area contributed by atoms with Crippen LogP contribution in [0, 0.1) is 11.6 Å². The minimum absolute atomic E-state index is 0.189. The van der Waals surface area contributed by atoms with Crippen LogP contribution in [0.5, 0.6) is 0 Å². The van der Waals surface area contributed by atoms with E-state index < -0.39 is 11.6 Å². The average Bonchev–Trinajstić information content (AvgIpc) is 2.58. The molecule has 0 aliphatic carbocycles. The number of fused-ring (bicyclic) bond motifs is 1. The van der Waals surface area contributed by atoms with E-state index in [1.54, 1.807) is 0 Å². The monoisotopic (exact) mass is 324 g/mol. The summed E-state index contributed by atoms with van der Waals surface area (Å²) in [6.45, 7) is 0. The van der Waals surface area contributed by atoms with Crippen LogP contribution < -0.4 is 0 Å². The molecule has 0 N–H and O–H groups in total. The number of halogens is 4. The normalized spacial score (nSPS) is 11.1. The van der Waals surface area contributed by atoms with Gasteiger partial charge in [-0.25, -0.2) is 8.78 Å². The predicted octanol–water partition coefficient (Wildman–Crippen LogP) is 4.37. The van der Waals surface area contributed by atoms with Crippen LogP contribution in [0.4, 0.5) is 8.78 Å². The zero-order chi connectivity index (χ0) is 10.3. The van der Waals surface area contributed by atoms with Crippen molar-refractivity contribution in [2.75, 3.05) is 0 Å². The van der Waals surface area contributed by atoms with E-state index in [-0.39, 0.29) is 5.39 Å². The fourth-order valence-corrected chi connectivity index (χ4v) is 2.17. The zero-order valence-corrected chi connectivity index (χ0v) is 9.95. The molecule has 74 valence electrons. The maximum Gasteiger partial charge on any atom is 0.170 e. The van der Waals surface area contributed by atoms with Gasteiger partial charge in [-0.2, -0.15) is 0 Å². The molecule has 0 spiro atoms. The van der Waals surface area contributed by atoms with Crippen LogP contribution in [0.25, 0.3) is 11.0 Å². The number of furan rings is 1. The summed E-state index contributed by atoms with van der Waals surface area (Å²) in [4.78, 5) is 0. The highest BCUT2D eigenvalue weighted by Gasteiger charge is 2.17.